The van der Waals surface area contributed by atoms with Gasteiger partial charge in [0.05, 0.1) is 6.61 Å². The molecule has 1 aromatic rings. The smallest absolute Gasteiger partial charge is 0.412 e. The van der Waals surface area contributed by atoms with Crippen LogP contribution in [0.15, 0.2) is 30.3 Å². The van der Waals surface area contributed by atoms with Gasteiger partial charge < -0.3 is 9.47 Å². The Kier molecular flexibility index (Phi) is 3.98. The average molecular weight is 235 g/mol. The SMILES string of the molecule is CC1OCCCN1C(=O)OCc1ccccc1. The first-order chi connectivity index (χ1) is 8.27. The molecule has 0 spiro atoms. The maximum Gasteiger partial charge on any atom is 0.412 e. The number of ether oxygens (including phenoxy) is 2. The molecule has 1 aromatic carbocycles. The highest BCUT2D eigenvalue weighted by atomic mass is 16.6. The minimum atomic E-state index is -0.305. The molecule has 4 heteroatoms. The lowest BCUT2D eigenvalue weighted by atomic mass is 10.2. The summed E-state index contributed by atoms with van der Waals surface area (Å²) in [5, 5.41) is 0. The van der Waals surface area contributed by atoms with Crippen LogP contribution in [0.5, 0.6) is 0 Å². The Balaban J connectivity index is 1.84. The van der Waals surface area contributed by atoms with Gasteiger partial charge in [-0.05, 0) is 18.9 Å². The van der Waals surface area contributed by atoms with Gasteiger partial charge in [0, 0.05) is 6.54 Å². The van der Waals surface area contributed by atoms with Crippen LogP contribution in [-0.4, -0.2) is 30.4 Å². The van der Waals surface area contributed by atoms with Gasteiger partial charge in [-0.15, -0.1) is 0 Å². The Morgan fingerprint density at radius 3 is 2.94 bits per heavy atom. The highest BCUT2D eigenvalue weighted by molar-refractivity contribution is 5.67. The molecule has 1 saturated heterocycles. The average Bonchev–Trinajstić information content (AvgIpc) is 2.38. The number of carbonyl (C=O) groups is 1. The summed E-state index contributed by atoms with van der Waals surface area (Å²) in [6, 6.07) is 9.66. The molecule has 0 aromatic heterocycles. The van der Waals surface area contributed by atoms with Crippen molar-refractivity contribution in [2.75, 3.05) is 13.2 Å². The molecule has 1 atom stereocenters. The molecule has 2 rings (SSSR count). The number of hydrogen-bond donors (Lipinski definition) is 0. The minimum absolute atomic E-state index is 0.188. The molecule has 0 N–H and O–H groups in total. The van der Waals surface area contributed by atoms with Gasteiger partial charge >= 0.3 is 6.09 Å². The predicted octanol–water partition coefficient (Wildman–Crippen LogP) is 2.39. The molecule has 1 heterocycles. The molecule has 92 valence electrons. The zero-order valence-corrected chi connectivity index (χ0v) is 9.96. The predicted molar refractivity (Wildman–Crippen MR) is 63.4 cm³/mol. The number of amides is 1. The van der Waals surface area contributed by atoms with E-state index in [1.54, 1.807) is 4.90 Å². The summed E-state index contributed by atoms with van der Waals surface area (Å²) in [4.78, 5) is 13.4. The van der Waals surface area contributed by atoms with Gasteiger partial charge in [-0.25, -0.2) is 4.79 Å². The van der Waals surface area contributed by atoms with E-state index < -0.39 is 0 Å². The van der Waals surface area contributed by atoms with E-state index in [1.165, 1.54) is 0 Å². The van der Waals surface area contributed by atoms with Crippen molar-refractivity contribution in [1.82, 2.24) is 4.90 Å². The van der Waals surface area contributed by atoms with Crippen molar-refractivity contribution in [2.45, 2.75) is 26.2 Å². The molecule has 17 heavy (non-hydrogen) atoms. The van der Waals surface area contributed by atoms with Crippen LogP contribution < -0.4 is 0 Å². The van der Waals surface area contributed by atoms with Crippen molar-refractivity contribution in [2.24, 2.45) is 0 Å². The minimum Gasteiger partial charge on any atom is -0.444 e. The number of nitrogens with zero attached hydrogens (tertiary/aromatic N) is 1. The Labute approximate surface area is 101 Å². The van der Waals surface area contributed by atoms with E-state index in [0.29, 0.717) is 19.8 Å². The van der Waals surface area contributed by atoms with Crippen LogP contribution in [0, 0.1) is 0 Å². The third-order valence-electron chi connectivity index (χ3n) is 2.78. The van der Waals surface area contributed by atoms with Gasteiger partial charge in [0.15, 0.2) is 0 Å². The van der Waals surface area contributed by atoms with Crippen molar-refractivity contribution < 1.29 is 14.3 Å². The van der Waals surface area contributed by atoms with Crippen molar-refractivity contribution >= 4 is 6.09 Å². The van der Waals surface area contributed by atoms with Gasteiger partial charge in [0.2, 0.25) is 0 Å². The lowest BCUT2D eigenvalue weighted by Gasteiger charge is -2.32. The van der Waals surface area contributed by atoms with E-state index in [9.17, 15) is 4.79 Å². The summed E-state index contributed by atoms with van der Waals surface area (Å²) >= 11 is 0. The van der Waals surface area contributed by atoms with E-state index in [-0.39, 0.29) is 12.3 Å². The fourth-order valence-electron chi connectivity index (χ4n) is 1.80. The normalized spacial score (nSPS) is 20.1. The van der Waals surface area contributed by atoms with Crippen molar-refractivity contribution in [3.8, 4) is 0 Å². The Bertz CT molecular complexity index is 366. The van der Waals surface area contributed by atoms with Crippen LogP contribution in [0.3, 0.4) is 0 Å². The monoisotopic (exact) mass is 235 g/mol. The van der Waals surface area contributed by atoms with Gasteiger partial charge in [-0.3, -0.25) is 4.90 Å². The van der Waals surface area contributed by atoms with E-state index in [1.807, 2.05) is 37.3 Å². The Hall–Kier alpha value is -1.55. The lowest BCUT2D eigenvalue weighted by Crippen LogP contribution is -2.44. The molecule has 1 aliphatic rings. The molecule has 1 amide bonds. The summed E-state index contributed by atoms with van der Waals surface area (Å²) < 4.78 is 10.6. The second-order valence-corrected chi connectivity index (χ2v) is 4.06. The quantitative estimate of drug-likeness (QED) is 0.790. The molecule has 0 radical (unpaired) electrons. The number of benzene rings is 1. The van der Waals surface area contributed by atoms with Gasteiger partial charge in [-0.2, -0.15) is 0 Å². The number of hydrogen-bond acceptors (Lipinski definition) is 3. The summed E-state index contributed by atoms with van der Waals surface area (Å²) in [6.07, 6.45) is 0.373. The molecule has 0 bridgehead atoms. The highest BCUT2D eigenvalue weighted by Crippen LogP contribution is 2.12. The molecular weight excluding hydrogens is 218 g/mol. The molecular formula is C13H17NO3. The third-order valence-corrected chi connectivity index (χ3v) is 2.78. The van der Waals surface area contributed by atoms with Crippen LogP contribution in [0.2, 0.25) is 0 Å². The fourth-order valence-corrected chi connectivity index (χ4v) is 1.80. The van der Waals surface area contributed by atoms with Crippen LogP contribution >= 0.6 is 0 Å². The molecule has 1 aliphatic heterocycles. The Morgan fingerprint density at radius 2 is 2.24 bits per heavy atom. The molecule has 0 aliphatic carbocycles. The standard InChI is InChI=1S/C13H17NO3/c1-11-14(8-5-9-16-11)13(15)17-10-12-6-3-2-4-7-12/h2-4,6-7,11H,5,8-10H2,1H3. The van der Waals surface area contributed by atoms with E-state index in [2.05, 4.69) is 0 Å². The van der Waals surface area contributed by atoms with Gasteiger partial charge in [-0.1, -0.05) is 30.3 Å². The largest absolute Gasteiger partial charge is 0.444 e. The zero-order chi connectivity index (χ0) is 12.1. The van der Waals surface area contributed by atoms with Gasteiger partial charge in [0.1, 0.15) is 12.8 Å². The van der Waals surface area contributed by atoms with Crippen LogP contribution in [-0.2, 0) is 16.1 Å². The van der Waals surface area contributed by atoms with Crippen LogP contribution in [0.25, 0.3) is 0 Å². The zero-order valence-electron chi connectivity index (χ0n) is 9.96. The van der Waals surface area contributed by atoms with Gasteiger partial charge in [0.25, 0.3) is 0 Å². The maximum absolute atomic E-state index is 11.8. The molecule has 1 fully saturated rings. The number of rotatable bonds is 2. The molecule has 1 unspecified atom stereocenters. The highest BCUT2D eigenvalue weighted by Gasteiger charge is 2.24. The first kappa shape index (κ1) is 11.9. The van der Waals surface area contributed by atoms with Crippen LogP contribution in [0.4, 0.5) is 4.79 Å². The van der Waals surface area contributed by atoms with E-state index in [0.717, 1.165) is 12.0 Å². The second-order valence-electron chi connectivity index (χ2n) is 4.06. The molecule has 4 nitrogen and oxygen atoms in total. The summed E-state index contributed by atoms with van der Waals surface area (Å²) in [5.74, 6) is 0. The summed E-state index contributed by atoms with van der Waals surface area (Å²) in [7, 11) is 0. The Morgan fingerprint density at radius 1 is 1.47 bits per heavy atom. The second kappa shape index (κ2) is 5.68. The van der Waals surface area contributed by atoms with Crippen molar-refractivity contribution in [1.29, 1.82) is 0 Å². The fraction of sp³-hybridized carbons (Fsp3) is 0.462. The van der Waals surface area contributed by atoms with Crippen LogP contribution in [0.1, 0.15) is 18.9 Å². The van der Waals surface area contributed by atoms with Crippen molar-refractivity contribution in [3.63, 3.8) is 0 Å². The summed E-state index contributed by atoms with van der Waals surface area (Å²) in [6.45, 7) is 3.59. The number of carbonyl (C=O) groups excluding carboxylic acids is 1. The summed E-state index contributed by atoms with van der Waals surface area (Å²) in [5.41, 5.74) is 0.992. The topological polar surface area (TPSA) is 38.8 Å². The molecule has 0 saturated carbocycles. The lowest BCUT2D eigenvalue weighted by molar-refractivity contribution is -0.0755. The van der Waals surface area contributed by atoms with E-state index >= 15 is 0 Å². The maximum atomic E-state index is 11.8. The third kappa shape index (κ3) is 3.20. The first-order valence-electron chi connectivity index (χ1n) is 5.86. The van der Waals surface area contributed by atoms with Crippen molar-refractivity contribution in [3.05, 3.63) is 35.9 Å². The first-order valence-corrected chi connectivity index (χ1v) is 5.86. The van der Waals surface area contributed by atoms with E-state index in [4.69, 9.17) is 9.47 Å².